The zero-order valence-electron chi connectivity index (χ0n) is 21.0. The molecule has 1 saturated heterocycles. The number of hydrogen-bond acceptors (Lipinski definition) is 3. The molecule has 1 aromatic heterocycles. The highest BCUT2D eigenvalue weighted by Gasteiger charge is 2.43. The number of allylic oxidation sites excluding steroid dienone is 1. The first-order valence-electron chi connectivity index (χ1n) is 13.0. The molecule has 36 heavy (non-hydrogen) atoms. The van der Waals surface area contributed by atoms with E-state index < -0.39 is 5.41 Å². The lowest BCUT2D eigenvalue weighted by molar-refractivity contribution is -0.137. The number of fused-ring (bicyclic) bond motifs is 1. The summed E-state index contributed by atoms with van der Waals surface area (Å²) in [5.41, 5.74) is 4.25. The van der Waals surface area contributed by atoms with Gasteiger partial charge in [0.25, 0.3) is 0 Å². The number of amides is 2. The van der Waals surface area contributed by atoms with Crippen molar-refractivity contribution >= 4 is 29.2 Å². The van der Waals surface area contributed by atoms with E-state index in [9.17, 15) is 9.59 Å². The second-order valence-electron chi connectivity index (χ2n) is 9.93. The van der Waals surface area contributed by atoms with E-state index in [1.165, 1.54) is 26.4 Å². The van der Waals surface area contributed by atoms with Crippen LogP contribution < -0.4 is 5.32 Å². The summed E-state index contributed by atoms with van der Waals surface area (Å²) in [6.07, 6.45) is 9.19. The maximum atomic E-state index is 13.8. The van der Waals surface area contributed by atoms with Crippen LogP contribution >= 0.6 is 11.3 Å². The zero-order valence-corrected chi connectivity index (χ0v) is 21.8. The highest BCUT2D eigenvalue weighted by atomic mass is 32.1. The molecule has 1 fully saturated rings. The van der Waals surface area contributed by atoms with Gasteiger partial charge in [-0.1, -0.05) is 72.8 Å². The van der Waals surface area contributed by atoms with Gasteiger partial charge in [0.05, 0.1) is 12.0 Å². The van der Waals surface area contributed by atoms with Crippen LogP contribution in [0.4, 0.5) is 0 Å². The van der Waals surface area contributed by atoms with Crippen LogP contribution in [0.2, 0.25) is 0 Å². The molecule has 2 aliphatic rings. The van der Waals surface area contributed by atoms with Gasteiger partial charge in [-0.3, -0.25) is 9.59 Å². The normalized spacial score (nSPS) is 16.4. The third kappa shape index (κ3) is 5.03. The maximum Gasteiger partial charge on any atom is 0.231 e. The van der Waals surface area contributed by atoms with Crippen LogP contribution in [0.15, 0.2) is 66.7 Å². The van der Waals surface area contributed by atoms with E-state index >= 15 is 0 Å². The number of likely N-dealkylation sites (tertiary alicyclic amines) is 1. The molecule has 5 heteroatoms. The lowest BCUT2D eigenvalue weighted by Gasteiger charge is -2.41. The summed E-state index contributed by atoms with van der Waals surface area (Å²) in [5, 5.41) is 3.29. The van der Waals surface area contributed by atoms with Crippen molar-refractivity contribution in [1.82, 2.24) is 10.2 Å². The zero-order chi connectivity index (χ0) is 25.0. The first-order valence-corrected chi connectivity index (χ1v) is 13.8. The number of carbonyl (C=O) groups is 2. The lowest BCUT2D eigenvalue weighted by Crippen LogP contribution is -2.52. The van der Waals surface area contributed by atoms with Crippen LogP contribution in [-0.4, -0.2) is 29.8 Å². The molecule has 1 N–H and O–H groups in total. The first kappa shape index (κ1) is 24.5. The topological polar surface area (TPSA) is 49.4 Å². The monoisotopic (exact) mass is 498 g/mol. The molecule has 0 spiro atoms. The number of aryl methyl sites for hydroxylation is 2. The average Bonchev–Trinajstić information content (AvgIpc) is 3.26. The molecule has 3 aromatic rings. The van der Waals surface area contributed by atoms with Crippen LogP contribution in [0.3, 0.4) is 0 Å². The number of nitrogens with one attached hydrogen (secondary N) is 1. The lowest BCUT2D eigenvalue weighted by atomic mass is 9.72. The Kier molecular flexibility index (Phi) is 7.38. The minimum absolute atomic E-state index is 0.0754. The van der Waals surface area contributed by atoms with Crippen molar-refractivity contribution in [2.75, 3.05) is 13.1 Å². The fraction of sp³-hybridized carbons (Fsp3) is 0.355. The molecule has 5 rings (SSSR count). The van der Waals surface area contributed by atoms with Gasteiger partial charge >= 0.3 is 0 Å². The molecule has 4 nitrogen and oxygen atoms in total. The van der Waals surface area contributed by atoms with E-state index in [1.807, 2.05) is 52.6 Å². The SMILES string of the molecule is Cc1c(CNC(=O)C2(c3ccccc3)CCN(C(=O)CCc3ccccc3)CC2)sc2c1C=CCC2. The van der Waals surface area contributed by atoms with Crippen LogP contribution in [-0.2, 0) is 34.4 Å². The quantitative estimate of drug-likeness (QED) is 0.446. The van der Waals surface area contributed by atoms with Crippen molar-refractivity contribution in [2.24, 2.45) is 0 Å². The minimum atomic E-state index is -0.609. The predicted molar refractivity (Wildman–Crippen MR) is 147 cm³/mol. The number of hydrogen-bond donors (Lipinski definition) is 1. The first-order chi connectivity index (χ1) is 17.6. The van der Waals surface area contributed by atoms with Crippen molar-refractivity contribution in [3.8, 4) is 0 Å². The number of nitrogens with zero attached hydrogens (tertiary/aromatic N) is 1. The number of rotatable bonds is 7. The van der Waals surface area contributed by atoms with E-state index in [0.29, 0.717) is 38.9 Å². The van der Waals surface area contributed by atoms with Crippen molar-refractivity contribution in [3.63, 3.8) is 0 Å². The Morgan fingerprint density at radius 1 is 1.00 bits per heavy atom. The summed E-state index contributed by atoms with van der Waals surface area (Å²) in [6.45, 7) is 3.93. The number of piperidine rings is 1. The van der Waals surface area contributed by atoms with Crippen molar-refractivity contribution in [2.45, 2.75) is 57.4 Å². The molecule has 2 amide bonds. The van der Waals surface area contributed by atoms with Crippen molar-refractivity contribution < 1.29 is 9.59 Å². The molecule has 1 aliphatic carbocycles. The van der Waals surface area contributed by atoms with Crippen LogP contribution in [0.5, 0.6) is 0 Å². The Hall–Kier alpha value is -3.18. The molecule has 186 valence electrons. The van der Waals surface area contributed by atoms with Gasteiger partial charge in [0, 0.05) is 29.3 Å². The second-order valence-corrected chi connectivity index (χ2v) is 11.1. The molecule has 0 radical (unpaired) electrons. The average molecular weight is 499 g/mol. The summed E-state index contributed by atoms with van der Waals surface area (Å²) >= 11 is 1.83. The highest BCUT2D eigenvalue weighted by molar-refractivity contribution is 7.12. The van der Waals surface area contributed by atoms with E-state index in [0.717, 1.165) is 24.8 Å². The van der Waals surface area contributed by atoms with Crippen molar-refractivity contribution in [1.29, 1.82) is 0 Å². The maximum absolute atomic E-state index is 13.8. The van der Waals surface area contributed by atoms with Crippen molar-refractivity contribution in [3.05, 3.63) is 98.7 Å². The fourth-order valence-electron chi connectivity index (χ4n) is 5.55. The Labute approximate surface area is 218 Å². The summed E-state index contributed by atoms with van der Waals surface area (Å²) in [6, 6.07) is 20.3. The van der Waals surface area contributed by atoms with Crippen LogP contribution in [0.1, 0.15) is 57.7 Å². The summed E-state index contributed by atoms with van der Waals surface area (Å²) < 4.78 is 0. The Bertz CT molecular complexity index is 1240. The van der Waals surface area contributed by atoms with Gasteiger partial charge in [-0.05, 0) is 61.3 Å². The molecule has 0 bridgehead atoms. The molecular weight excluding hydrogens is 464 g/mol. The second kappa shape index (κ2) is 10.8. The third-order valence-electron chi connectivity index (χ3n) is 7.80. The van der Waals surface area contributed by atoms with E-state index in [-0.39, 0.29) is 11.8 Å². The summed E-state index contributed by atoms with van der Waals surface area (Å²) in [4.78, 5) is 31.4. The molecular formula is C31H34N2O2S. The highest BCUT2D eigenvalue weighted by Crippen LogP contribution is 2.37. The smallest absolute Gasteiger partial charge is 0.231 e. The molecule has 0 saturated carbocycles. The Morgan fingerprint density at radius 2 is 1.69 bits per heavy atom. The molecule has 0 unspecified atom stereocenters. The van der Waals surface area contributed by atoms with E-state index in [4.69, 9.17) is 0 Å². The standard InChI is InChI=1S/C31H34N2O2S/c1-23-26-14-8-9-15-27(26)36-28(23)22-32-30(35)31(25-12-6-3-7-13-25)18-20-33(21-19-31)29(34)17-16-24-10-4-2-5-11-24/h2-8,10-14H,9,15-22H2,1H3,(H,32,35). The molecule has 2 aromatic carbocycles. The predicted octanol–water partition coefficient (Wildman–Crippen LogP) is 5.83. The minimum Gasteiger partial charge on any atom is -0.350 e. The van der Waals surface area contributed by atoms with Gasteiger partial charge in [-0.25, -0.2) is 0 Å². The van der Waals surface area contributed by atoms with Gasteiger partial charge in [0.1, 0.15) is 0 Å². The largest absolute Gasteiger partial charge is 0.350 e. The van der Waals surface area contributed by atoms with E-state index in [1.54, 1.807) is 0 Å². The summed E-state index contributed by atoms with van der Waals surface area (Å²) in [7, 11) is 0. The molecule has 0 atom stereocenters. The number of carbonyl (C=O) groups excluding carboxylic acids is 2. The van der Waals surface area contributed by atoms with Crippen LogP contribution in [0.25, 0.3) is 6.08 Å². The van der Waals surface area contributed by atoms with Gasteiger partial charge in [0.2, 0.25) is 11.8 Å². The van der Waals surface area contributed by atoms with Gasteiger partial charge in [-0.2, -0.15) is 0 Å². The van der Waals surface area contributed by atoms with Crippen LogP contribution in [0, 0.1) is 6.92 Å². The fourth-order valence-corrected chi connectivity index (χ4v) is 6.81. The molecule has 2 heterocycles. The number of benzene rings is 2. The van der Waals surface area contributed by atoms with Gasteiger partial charge in [0.15, 0.2) is 0 Å². The Morgan fingerprint density at radius 3 is 2.39 bits per heavy atom. The third-order valence-corrected chi connectivity index (χ3v) is 9.17. The Balaban J connectivity index is 1.27. The molecule has 1 aliphatic heterocycles. The van der Waals surface area contributed by atoms with Gasteiger partial charge < -0.3 is 10.2 Å². The number of thiophene rings is 1. The van der Waals surface area contributed by atoms with Gasteiger partial charge in [-0.15, -0.1) is 11.3 Å². The van der Waals surface area contributed by atoms with E-state index in [2.05, 4.69) is 48.7 Å². The summed E-state index contributed by atoms with van der Waals surface area (Å²) in [5.74, 6) is 0.250.